The van der Waals surface area contributed by atoms with Crippen LogP contribution in [0.2, 0.25) is 0 Å². The van der Waals surface area contributed by atoms with Crippen LogP contribution in [0.15, 0.2) is 48.7 Å². The van der Waals surface area contributed by atoms with E-state index in [0.717, 1.165) is 16.3 Å². The van der Waals surface area contributed by atoms with Crippen molar-refractivity contribution in [2.75, 3.05) is 5.32 Å². The van der Waals surface area contributed by atoms with Gasteiger partial charge in [-0.25, -0.2) is 13.9 Å². The third kappa shape index (κ3) is 4.85. The topological polar surface area (TPSA) is 152 Å². The number of nitrogens with zero attached hydrogens (tertiary/aromatic N) is 3. The molecule has 4 heterocycles. The number of benzene rings is 2. The zero-order chi connectivity index (χ0) is 27.3. The molecule has 0 saturated carbocycles. The van der Waals surface area contributed by atoms with Crippen molar-refractivity contribution in [1.29, 1.82) is 0 Å². The highest BCUT2D eigenvalue weighted by molar-refractivity contribution is 5.93. The number of aliphatic hydroxyl groups excluding tert-OH is 2. The second kappa shape index (κ2) is 9.30. The van der Waals surface area contributed by atoms with Gasteiger partial charge in [-0.2, -0.15) is 5.10 Å². The number of hydrogen-bond acceptors (Lipinski definition) is 10. The van der Waals surface area contributed by atoms with Gasteiger partial charge in [-0.1, -0.05) is 12.1 Å². The van der Waals surface area contributed by atoms with Crippen LogP contribution >= 0.6 is 0 Å². The van der Waals surface area contributed by atoms with Gasteiger partial charge in [0.1, 0.15) is 17.7 Å². The fourth-order valence-corrected chi connectivity index (χ4v) is 4.14. The summed E-state index contributed by atoms with van der Waals surface area (Å²) in [5, 5.41) is 32.3. The predicted molar refractivity (Wildman–Crippen MR) is 125 cm³/mol. The van der Waals surface area contributed by atoms with Crippen LogP contribution in [0, 0.1) is 5.82 Å². The lowest BCUT2D eigenvalue weighted by atomic mass is 10.2. The highest BCUT2D eigenvalue weighted by Gasteiger charge is 2.43. The Bertz CT molecular complexity index is 1600. The van der Waals surface area contributed by atoms with E-state index in [1.54, 1.807) is 18.2 Å². The van der Waals surface area contributed by atoms with E-state index in [0.29, 0.717) is 17.0 Å². The molecule has 39 heavy (non-hydrogen) atoms. The Morgan fingerprint density at radius 2 is 1.85 bits per heavy atom. The SMILES string of the molecule is O=C(NCc1ccc2c(c1)OC(F)(F)O2)c1cc(C(O)NCc2ccc3c(c2)NC(O)O3)nc2c(F)cnn12. The van der Waals surface area contributed by atoms with E-state index in [9.17, 15) is 28.2 Å². The van der Waals surface area contributed by atoms with Crippen LogP contribution in [0.4, 0.5) is 18.9 Å². The average Bonchev–Trinajstić information content (AvgIpc) is 3.56. The lowest BCUT2D eigenvalue weighted by Gasteiger charge is -2.15. The molecule has 0 radical (unpaired) electrons. The van der Waals surface area contributed by atoms with Crippen LogP contribution in [0.25, 0.3) is 5.65 Å². The Morgan fingerprint density at radius 1 is 1.10 bits per heavy atom. The van der Waals surface area contributed by atoms with Crippen molar-refractivity contribution < 1.29 is 42.4 Å². The number of anilines is 1. The maximum atomic E-state index is 14.4. The largest absolute Gasteiger partial charge is 0.586 e. The fraction of sp³-hybridized carbons (Fsp3) is 0.208. The molecule has 0 aliphatic carbocycles. The molecular weight excluding hydrogens is 525 g/mol. The number of aliphatic hydroxyl groups is 2. The summed E-state index contributed by atoms with van der Waals surface area (Å²) >= 11 is 0. The summed E-state index contributed by atoms with van der Waals surface area (Å²) in [6.07, 6.45) is -5.42. The number of halogens is 3. The molecule has 2 atom stereocenters. The molecule has 0 bridgehead atoms. The van der Waals surface area contributed by atoms with Gasteiger partial charge in [0.2, 0.25) is 0 Å². The lowest BCUT2D eigenvalue weighted by Crippen LogP contribution is -2.27. The number of carbonyl (C=O) groups is 1. The summed E-state index contributed by atoms with van der Waals surface area (Å²) in [6.45, 7) is 0.0705. The first-order valence-corrected chi connectivity index (χ1v) is 11.5. The first kappa shape index (κ1) is 24.7. The Labute approximate surface area is 216 Å². The molecule has 0 spiro atoms. The van der Waals surface area contributed by atoms with E-state index in [-0.39, 0.29) is 41.6 Å². The molecule has 2 aliphatic heterocycles. The minimum Gasteiger partial charge on any atom is -0.445 e. The van der Waals surface area contributed by atoms with Gasteiger partial charge >= 0.3 is 6.29 Å². The predicted octanol–water partition coefficient (Wildman–Crippen LogP) is 1.98. The third-order valence-corrected chi connectivity index (χ3v) is 5.94. The Kier molecular flexibility index (Phi) is 5.90. The summed E-state index contributed by atoms with van der Waals surface area (Å²) < 4.78 is 55.8. The Morgan fingerprint density at radius 3 is 2.67 bits per heavy atom. The molecule has 6 rings (SSSR count). The van der Waals surface area contributed by atoms with Crippen LogP contribution in [0.1, 0.15) is 33.5 Å². The molecule has 0 saturated heterocycles. The molecule has 2 aromatic heterocycles. The Balaban J connectivity index is 1.18. The highest BCUT2D eigenvalue weighted by Crippen LogP contribution is 2.41. The standard InChI is InChI=1S/C24H19F3N6O6/c25-13-10-30-33-16(22(35)29-9-12-2-4-18-19(6-12)39-24(26,27)38-18)7-15(31-20(13)33)21(34)28-8-11-1-3-17-14(5-11)32-23(36)37-17/h1-7,10,21,23,28,32,34,36H,8-9H2,(H,29,35). The number of carbonyl (C=O) groups excluding carboxylic acids is 1. The molecule has 2 aromatic carbocycles. The fourth-order valence-electron chi connectivity index (χ4n) is 4.14. The molecule has 12 nitrogen and oxygen atoms in total. The maximum absolute atomic E-state index is 14.4. The number of alkyl halides is 2. The average molecular weight is 544 g/mol. The van der Waals surface area contributed by atoms with E-state index in [1.807, 2.05) is 0 Å². The van der Waals surface area contributed by atoms with E-state index < -0.39 is 30.7 Å². The zero-order valence-corrected chi connectivity index (χ0v) is 19.7. The van der Waals surface area contributed by atoms with Crippen LogP contribution in [0.5, 0.6) is 17.2 Å². The van der Waals surface area contributed by atoms with Crippen molar-refractivity contribution in [3.63, 3.8) is 0 Å². The quantitative estimate of drug-likeness (QED) is 0.219. The summed E-state index contributed by atoms with van der Waals surface area (Å²) in [5.74, 6) is -1.33. The lowest BCUT2D eigenvalue weighted by molar-refractivity contribution is -0.286. The zero-order valence-electron chi connectivity index (χ0n) is 19.7. The second-order valence-electron chi connectivity index (χ2n) is 8.65. The van der Waals surface area contributed by atoms with E-state index >= 15 is 0 Å². The molecule has 0 fully saturated rings. The van der Waals surface area contributed by atoms with Gasteiger partial charge in [0.15, 0.2) is 23.0 Å². The van der Waals surface area contributed by atoms with Crippen molar-refractivity contribution in [2.45, 2.75) is 32.0 Å². The first-order chi connectivity index (χ1) is 18.6. The van der Waals surface area contributed by atoms with Gasteiger partial charge in [-0.05, 0) is 41.5 Å². The van der Waals surface area contributed by atoms with Crippen LogP contribution < -0.4 is 30.2 Å². The van der Waals surface area contributed by atoms with Gasteiger partial charge in [-0.15, -0.1) is 8.78 Å². The monoisotopic (exact) mass is 544 g/mol. The second-order valence-corrected chi connectivity index (χ2v) is 8.65. The number of fused-ring (bicyclic) bond motifs is 3. The van der Waals surface area contributed by atoms with Crippen molar-refractivity contribution in [3.05, 3.63) is 77.0 Å². The van der Waals surface area contributed by atoms with Gasteiger partial charge in [0, 0.05) is 13.1 Å². The third-order valence-electron chi connectivity index (χ3n) is 5.94. The molecule has 4 aromatic rings. The smallest absolute Gasteiger partial charge is 0.445 e. The number of rotatable bonds is 7. The molecule has 15 heteroatoms. The Hall–Kier alpha value is -4.60. The normalized spacial score (nSPS) is 17.4. The number of hydrogen-bond donors (Lipinski definition) is 5. The maximum Gasteiger partial charge on any atom is 0.586 e. The molecule has 5 N–H and O–H groups in total. The van der Waals surface area contributed by atoms with Gasteiger partial charge in [-0.3, -0.25) is 10.1 Å². The summed E-state index contributed by atoms with van der Waals surface area (Å²) in [7, 11) is 0. The summed E-state index contributed by atoms with van der Waals surface area (Å²) in [5.41, 5.74) is 1.29. The molecule has 1 amide bonds. The molecule has 202 valence electrons. The number of aromatic nitrogens is 3. The minimum atomic E-state index is -3.77. The first-order valence-electron chi connectivity index (χ1n) is 11.5. The van der Waals surface area contributed by atoms with Crippen molar-refractivity contribution in [3.8, 4) is 17.2 Å². The number of ether oxygens (including phenoxy) is 3. The number of amides is 1. The van der Waals surface area contributed by atoms with E-state index in [1.165, 1.54) is 24.3 Å². The van der Waals surface area contributed by atoms with Crippen LogP contribution in [0.3, 0.4) is 0 Å². The summed E-state index contributed by atoms with van der Waals surface area (Å²) in [6, 6.07) is 10.4. The van der Waals surface area contributed by atoms with E-state index in [4.69, 9.17) is 4.74 Å². The summed E-state index contributed by atoms with van der Waals surface area (Å²) in [4.78, 5) is 17.1. The van der Waals surface area contributed by atoms with Gasteiger partial charge in [0.05, 0.1) is 17.6 Å². The molecule has 2 aliphatic rings. The van der Waals surface area contributed by atoms with Gasteiger partial charge in [0.25, 0.3) is 12.3 Å². The van der Waals surface area contributed by atoms with E-state index in [2.05, 4.69) is 35.5 Å². The van der Waals surface area contributed by atoms with Crippen LogP contribution in [-0.4, -0.2) is 43.4 Å². The van der Waals surface area contributed by atoms with Crippen molar-refractivity contribution >= 4 is 17.2 Å². The van der Waals surface area contributed by atoms with Gasteiger partial charge < -0.3 is 35.1 Å². The number of nitrogens with one attached hydrogen (secondary N) is 3. The molecule has 2 unspecified atom stereocenters. The highest BCUT2D eigenvalue weighted by atomic mass is 19.3. The molecular formula is C24H19F3N6O6. The van der Waals surface area contributed by atoms with Crippen LogP contribution in [-0.2, 0) is 13.1 Å². The minimum absolute atomic E-state index is 0.0459. The van der Waals surface area contributed by atoms with Crippen molar-refractivity contribution in [2.24, 2.45) is 0 Å². The van der Waals surface area contributed by atoms with Crippen molar-refractivity contribution in [1.82, 2.24) is 25.2 Å².